The van der Waals surface area contributed by atoms with Crippen LogP contribution < -0.4 is 4.72 Å². The number of halogens is 1. The third-order valence-corrected chi connectivity index (χ3v) is 14.2. The summed E-state index contributed by atoms with van der Waals surface area (Å²) in [6, 6.07) is 5.51. The zero-order chi connectivity index (χ0) is 32.3. The van der Waals surface area contributed by atoms with Gasteiger partial charge >= 0.3 is 5.97 Å². The molecule has 8 rings (SSSR count). The van der Waals surface area contributed by atoms with Gasteiger partial charge in [-0.3, -0.25) is 14.4 Å². The van der Waals surface area contributed by atoms with Crippen LogP contribution in [0, 0.1) is 39.9 Å². The van der Waals surface area contributed by atoms with Gasteiger partial charge in [-0.05, 0) is 86.1 Å². The number of ketones is 2. The lowest BCUT2D eigenvalue weighted by atomic mass is 9.36. The molecule has 7 aliphatic rings. The molecule has 2 spiro atoms. The fourth-order valence-electron chi connectivity index (χ4n) is 10.3. The van der Waals surface area contributed by atoms with E-state index in [4.69, 9.17) is 21.1 Å². The molecule has 1 aromatic rings. The largest absolute Gasteiger partial charge is 0.460 e. The van der Waals surface area contributed by atoms with Crippen LogP contribution in [0.4, 0.5) is 0 Å². The number of aliphatic hydroxyl groups is 2. The van der Waals surface area contributed by atoms with Crippen molar-refractivity contribution in [2.24, 2.45) is 39.9 Å². The smallest absolute Gasteiger partial charge is 0.309 e. The summed E-state index contributed by atoms with van der Waals surface area (Å²) < 4.78 is 40.7. The number of rotatable bonds is 5. The molecule has 1 aromatic carbocycles. The van der Waals surface area contributed by atoms with Crippen LogP contribution in [0.2, 0.25) is 5.02 Å². The SMILES string of the molecule is C=C1C(=O)[C@]23[C@H](OC(=O)C4CCC(NS(=O)(=O)c5ccc(Cl)cc5)CC4)[C@H]1CC[C@H]2[C@@]12CO[C@]3(O)[C@@H](O)[C@@H]1C(C)(C)CCC2=O. The van der Waals surface area contributed by atoms with Crippen molar-refractivity contribution in [1.82, 2.24) is 4.72 Å². The Balaban J connectivity index is 1.14. The summed E-state index contributed by atoms with van der Waals surface area (Å²) in [6.45, 7) is 7.92. The Hall–Kier alpha value is -2.15. The molecule has 2 saturated heterocycles. The number of carbonyl (C=O) groups excluding carboxylic acids is 3. The fourth-order valence-corrected chi connectivity index (χ4v) is 11.8. The topological polar surface area (TPSA) is 156 Å². The Labute approximate surface area is 267 Å². The van der Waals surface area contributed by atoms with Crippen molar-refractivity contribution in [2.45, 2.75) is 94.1 Å². The molecule has 10 nitrogen and oxygen atoms in total. The van der Waals surface area contributed by atoms with E-state index in [1.165, 1.54) is 24.3 Å². The number of sulfonamides is 1. The van der Waals surface area contributed by atoms with Gasteiger partial charge < -0.3 is 19.7 Å². The summed E-state index contributed by atoms with van der Waals surface area (Å²) in [5.41, 5.74) is -3.31. The van der Waals surface area contributed by atoms with Crippen LogP contribution in [0.1, 0.15) is 65.2 Å². The Bertz CT molecular complexity index is 1580. The minimum Gasteiger partial charge on any atom is -0.460 e. The van der Waals surface area contributed by atoms with Gasteiger partial charge in [-0.25, -0.2) is 13.1 Å². The number of hydrogen-bond acceptors (Lipinski definition) is 9. The number of carbonyl (C=O) groups is 3. The maximum absolute atomic E-state index is 14.3. The second-order valence-electron chi connectivity index (χ2n) is 14.8. The van der Waals surface area contributed by atoms with E-state index in [0.29, 0.717) is 50.0 Å². The Kier molecular flexibility index (Phi) is 7.11. The molecule has 0 radical (unpaired) electrons. The van der Waals surface area contributed by atoms with E-state index in [-0.39, 0.29) is 35.3 Å². The van der Waals surface area contributed by atoms with Gasteiger partial charge in [-0.2, -0.15) is 0 Å². The number of ether oxygens (including phenoxy) is 2. The van der Waals surface area contributed by atoms with Crippen LogP contribution >= 0.6 is 11.6 Å². The second kappa shape index (κ2) is 10.2. The van der Waals surface area contributed by atoms with Crippen molar-refractivity contribution in [3.05, 3.63) is 41.4 Å². The molecular weight excluding hydrogens is 622 g/mol. The number of benzene rings is 1. The van der Waals surface area contributed by atoms with Crippen LogP contribution in [0.5, 0.6) is 0 Å². The van der Waals surface area contributed by atoms with Crippen molar-refractivity contribution in [1.29, 1.82) is 0 Å². The zero-order valence-corrected chi connectivity index (χ0v) is 27.0. The van der Waals surface area contributed by atoms with Crippen LogP contribution in [0.3, 0.4) is 0 Å². The van der Waals surface area contributed by atoms with Gasteiger partial charge in [0.05, 0.1) is 22.8 Å². The normalized spacial score (nSPS) is 43.5. The molecule has 5 saturated carbocycles. The van der Waals surface area contributed by atoms with Crippen LogP contribution in [-0.4, -0.2) is 66.8 Å². The molecule has 12 heteroatoms. The quantitative estimate of drug-likeness (QED) is 0.318. The van der Waals surface area contributed by atoms with E-state index in [0.717, 1.165) is 0 Å². The number of hydrogen-bond donors (Lipinski definition) is 3. The van der Waals surface area contributed by atoms with Crippen LogP contribution in [0.25, 0.3) is 0 Å². The van der Waals surface area contributed by atoms with E-state index in [1.807, 2.05) is 13.8 Å². The van der Waals surface area contributed by atoms with Gasteiger partial charge in [-0.1, -0.05) is 32.0 Å². The first-order valence-corrected chi connectivity index (χ1v) is 17.8. The molecule has 244 valence electrons. The number of esters is 1. The third kappa shape index (κ3) is 4.07. The minimum atomic E-state index is -3.78. The van der Waals surface area contributed by atoms with Crippen LogP contribution in [0.15, 0.2) is 41.3 Å². The van der Waals surface area contributed by atoms with Crippen molar-refractivity contribution in [3.63, 3.8) is 0 Å². The highest BCUT2D eigenvalue weighted by Gasteiger charge is 2.88. The number of Topliss-reactive ketones (excluding diaryl/α,β-unsaturated/α-hetero) is 2. The first-order chi connectivity index (χ1) is 21.1. The van der Waals surface area contributed by atoms with Gasteiger partial charge in [0, 0.05) is 29.3 Å². The first kappa shape index (κ1) is 31.4. The number of nitrogens with one attached hydrogen (secondary N) is 1. The maximum atomic E-state index is 14.3. The van der Waals surface area contributed by atoms with Gasteiger partial charge in [-0.15, -0.1) is 0 Å². The van der Waals surface area contributed by atoms with Crippen molar-refractivity contribution < 1.29 is 42.5 Å². The van der Waals surface area contributed by atoms with E-state index in [9.17, 15) is 33.0 Å². The standard InChI is InChI=1S/C33H40ClNO9S/c1-17-22-12-13-23-31-16-43-33(40,27(38)25(31)30(2,3)15-14-24(31)36)32(23,26(17)37)28(22)44-29(39)18-4-8-20(9-5-18)35-45(41,42)21-10-6-19(34)7-11-21/h6-7,10-11,18,20,22-23,25,27-28,35,38,40H,1,4-5,8-9,12-16H2,2-3H3/t18?,20?,22-,23-,25+,27-,28+,31+,32-,33+/m0/s1. The lowest BCUT2D eigenvalue weighted by molar-refractivity contribution is -0.437. The Morgan fingerprint density at radius 1 is 1.09 bits per heavy atom. The highest BCUT2D eigenvalue weighted by Crippen LogP contribution is 2.76. The molecule has 0 aromatic heterocycles. The van der Waals surface area contributed by atoms with Crippen LogP contribution in [-0.2, 0) is 33.9 Å². The van der Waals surface area contributed by atoms with Gasteiger partial charge in [0.2, 0.25) is 15.8 Å². The first-order valence-electron chi connectivity index (χ1n) is 15.9. The predicted molar refractivity (Wildman–Crippen MR) is 161 cm³/mol. The van der Waals surface area contributed by atoms with Crippen molar-refractivity contribution >= 4 is 39.2 Å². The van der Waals surface area contributed by atoms with E-state index < -0.39 is 79.7 Å². The van der Waals surface area contributed by atoms with Gasteiger partial charge in [0.25, 0.3) is 0 Å². The Morgan fingerprint density at radius 2 is 1.76 bits per heavy atom. The fraction of sp³-hybridized carbons (Fsp3) is 0.667. The second-order valence-corrected chi connectivity index (χ2v) is 17.0. The summed E-state index contributed by atoms with van der Waals surface area (Å²) in [6.07, 6.45) is 0.571. The summed E-state index contributed by atoms with van der Waals surface area (Å²) in [5, 5.41) is 24.6. The molecule has 4 bridgehead atoms. The lowest BCUT2D eigenvalue weighted by Gasteiger charge is -2.73. The molecular formula is C33H40ClNO9S. The molecule has 7 fully saturated rings. The predicted octanol–water partition coefficient (Wildman–Crippen LogP) is 3.33. The number of fused-ring (bicyclic) bond motifs is 2. The zero-order valence-electron chi connectivity index (χ0n) is 25.5. The van der Waals surface area contributed by atoms with E-state index in [1.54, 1.807) is 0 Å². The van der Waals surface area contributed by atoms with Crippen molar-refractivity contribution in [3.8, 4) is 0 Å². The monoisotopic (exact) mass is 661 g/mol. The van der Waals surface area contributed by atoms with E-state index >= 15 is 0 Å². The molecule has 2 aliphatic heterocycles. The maximum Gasteiger partial charge on any atom is 0.309 e. The lowest BCUT2D eigenvalue weighted by Crippen LogP contribution is -2.85. The van der Waals surface area contributed by atoms with Gasteiger partial charge in [0.15, 0.2) is 5.78 Å². The average Bonchev–Trinajstić information content (AvgIpc) is 3.10. The Morgan fingerprint density at radius 3 is 2.42 bits per heavy atom. The average molecular weight is 662 g/mol. The highest BCUT2D eigenvalue weighted by molar-refractivity contribution is 7.89. The summed E-state index contributed by atoms with van der Waals surface area (Å²) in [7, 11) is -3.78. The molecule has 3 N–H and O–H groups in total. The molecule has 2 heterocycles. The molecule has 5 aliphatic carbocycles. The van der Waals surface area contributed by atoms with E-state index in [2.05, 4.69) is 11.3 Å². The molecule has 45 heavy (non-hydrogen) atoms. The summed E-state index contributed by atoms with van der Waals surface area (Å²) >= 11 is 5.89. The third-order valence-electron chi connectivity index (χ3n) is 12.4. The minimum absolute atomic E-state index is 0.0785. The number of aliphatic hydroxyl groups excluding tert-OH is 1. The summed E-state index contributed by atoms with van der Waals surface area (Å²) in [5.74, 6) is -5.89. The van der Waals surface area contributed by atoms with Crippen molar-refractivity contribution in [2.75, 3.05) is 6.61 Å². The summed E-state index contributed by atoms with van der Waals surface area (Å²) in [4.78, 5) is 42.1. The molecule has 0 unspecified atom stereocenters. The molecule has 8 atom stereocenters. The molecule has 0 amide bonds. The highest BCUT2D eigenvalue weighted by atomic mass is 35.5. The van der Waals surface area contributed by atoms with Gasteiger partial charge in [0.1, 0.15) is 23.4 Å².